The topological polar surface area (TPSA) is 46.4 Å². The van der Waals surface area contributed by atoms with Crippen molar-refractivity contribution in [1.29, 1.82) is 0 Å². The Kier molecular flexibility index (Phi) is 3.87. The van der Waals surface area contributed by atoms with Crippen LogP contribution in [0.1, 0.15) is 21.7 Å². The van der Waals surface area contributed by atoms with Gasteiger partial charge in [0.1, 0.15) is 11.5 Å². The van der Waals surface area contributed by atoms with Gasteiger partial charge in [0.15, 0.2) is 0 Å². The molecule has 0 aliphatic rings. The van der Waals surface area contributed by atoms with Gasteiger partial charge in [-0.3, -0.25) is 4.79 Å². The molecule has 22 heavy (non-hydrogen) atoms. The lowest BCUT2D eigenvalue weighted by Gasteiger charge is -2.03. The summed E-state index contributed by atoms with van der Waals surface area (Å²) in [6, 6.07) is 11.4. The maximum absolute atomic E-state index is 12.8. The second-order valence-corrected chi connectivity index (χ2v) is 5.14. The van der Waals surface area contributed by atoms with Crippen LogP contribution in [-0.2, 0) is 6.42 Å². The molecule has 0 spiro atoms. The standard InChI is InChI=1S/C17H16FN3O/c1-12-3-2-4-16-20-15(11-21(12)16)9-10-19-17(22)13-5-7-14(18)8-6-13/h2-8,11H,9-10H2,1H3,(H,19,22). The van der Waals surface area contributed by atoms with E-state index in [9.17, 15) is 9.18 Å². The number of nitrogens with one attached hydrogen (secondary N) is 1. The Bertz CT molecular complexity index is 808. The van der Waals surface area contributed by atoms with Crippen LogP contribution in [0.2, 0.25) is 0 Å². The molecule has 1 aromatic carbocycles. The highest BCUT2D eigenvalue weighted by molar-refractivity contribution is 5.94. The molecule has 0 fully saturated rings. The number of nitrogens with zero attached hydrogens (tertiary/aromatic N) is 2. The molecule has 0 atom stereocenters. The molecule has 1 amide bonds. The van der Waals surface area contributed by atoms with Gasteiger partial charge in [0.05, 0.1) is 5.69 Å². The molecule has 2 heterocycles. The number of pyridine rings is 1. The summed E-state index contributed by atoms with van der Waals surface area (Å²) in [4.78, 5) is 16.4. The Hall–Kier alpha value is -2.69. The zero-order valence-electron chi connectivity index (χ0n) is 12.2. The van der Waals surface area contributed by atoms with Crippen LogP contribution >= 0.6 is 0 Å². The zero-order valence-corrected chi connectivity index (χ0v) is 12.2. The maximum atomic E-state index is 12.8. The number of aryl methyl sites for hydroxylation is 1. The first-order valence-corrected chi connectivity index (χ1v) is 7.11. The van der Waals surface area contributed by atoms with E-state index >= 15 is 0 Å². The van der Waals surface area contributed by atoms with Crippen molar-refractivity contribution in [3.8, 4) is 0 Å². The van der Waals surface area contributed by atoms with Crippen molar-refractivity contribution < 1.29 is 9.18 Å². The summed E-state index contributed by atoms with van der Waals surface area (Å²) in [5.41, 5.74) is 3.40. The number of halogens is 1. The van der Waals surface area contributed by atoms with Crippen LogP contribution in [0.3, 0.4) is 0 Å². The molecule has 2 aromatic heterocycles. The quantitative estimate of drug-likeness (QED) is 0.805. The fourth-order valence-corrected chi connectivity index (χ4v) is 2.33. The van der Waals surface area contributed by atoms with E-state index in [1.165, 1.54) is 24.3 Å². The van der Waals surface area contributed by atoms with Gasteiger partial charge in [-0.1, -0.05) is 6.07 Å². The number of amides is 1. The molecule has 4 nitrogen and oxygen atoms in total. The maximum Gasteiger partial charge on any atom is 0.251 e. The number of fused-ring (bicyclic) bond motifs is 1. The summed E-state index contributed by atoms with van der Waals surface area (Å²) in [7, 11) is 0. The number of hydrogen-bond acceptors (Lipinski definition) is 2. The largest absolute Gasteiger partial charge is 0.352 e. The molecule has 112 valence electrons. The lowest BCUT2D eigenvalue weighted by atomic mass is 10.2. The molecule has 0 bridgehead atoms. The van der Waals surface area contributed by atoms with Crippen molar-refractivity contribution in [3.05, 3.63) is 71.4 Å². The van der Waals surface area contributed by atoms with Gasteiger partial charge < -0.3 is 9.72 Å². The molecule has 0 aliphatic heterocycles. The van der Waals surface area contributed by atoms with Crippen LogP contribution in [-0.4, -0.2) is 21.8 Å². The second-order valence-electron chi connectivity index (χ2n) is 5.14. The zero-order chi connectivity index (χ0) is 15.5. The second kappa shape index (κ2) is 5.97. The predicted octanol–water partition coefficient (Wildman–Crippen LogP) is 2.75. The van der Waals surface area contributed by atoms with Gasteiger partial charge in [0, 0.05) is 30.4 Å². The number of rotatable bonds is 4. The van der Waals surface area contributed by atoms with Crippen LogP contribution < -0.4 is 5.32 Å². The number of benzene rings is 1. The third kappa shape index (κ3) is 2.98. The highest BCUT2D eigenvalue weighted by atomic mass is 19.1. The van der Waals surface area contributed by atoms with Gasteiger partial charge in [-0.15, -0.1) is 0 Å². The van der Waals surface area contributed by atoms with Crippen LogP contribution in [0.15, 0.2) is 48.7 Å². The third-order valence-electron chi connectivity index (χ3n) is 3.52. The summed E-state index contributed by atoms with van der Waals surface area (Å²) in [6.07, 6.45) is 2.63. The van der Waals surface area contributed by atoms with E-state index in [0.717, 1.165) is 17.0 Å². The molecule has 3 rings (SSSR count). The fraction of sp³-hybridized carbons (Fsp3) is 0.176. The van der Waals surface area contributed by atoms with E-state index in [-0.39, 0.29) is 11.7 Å². The average molecular weight is 297 g/mol. The minimum Gasteiger partial charge on any atom is -0.352 e. The molecular formula is C17H16FN3O. The van der Waals surface area contributed by atoms with Gasteiger partial charge in [-0.2, -0.15) is 0 Å². The molecule has 0 unspecified atom stereocenters. The fourth-order valence-electron chi connectivity index (χ4n) is 2.33. The summed E-state index contributed by atoms with van der Waals surface area (Å²) in [6.45, 7) is 2.51. The lowest BCUT2D eigenvalue weighted by molar-refractivity contribution is 0.0954. The first-order chi connectivity index (χ1) is 10.6. The Morgan fingerprint density at radius 2 is 2.00 bits per heavy atom. The highest BCUT2D eigenvalue weighted by Crippen LogP contribution is 2.08. The van der Waals surface area contributed by atoms with Crippen molar-refractivity contribution in [2.45, 2.75) is 13.3 Å². The molecule has 0 aliphatic carbocycles. The summed E-state index contributed by atoms with van der Waals surface area (Å²) < 4.78 is 14.8. The number of carbonyl (C=O) groups is 1. The Labute approximate surface area is 127 Å². The summed E-state index contributed by atoms with van der Waals surface area (Å²) in [5, 5.41) is 2.82. The molecule has 0 saturated carbocycles. The summed E-state index contributed by atoms with van der Waals surface area (Å²) >= 11 is 0. The van der Waals surface area contributed by atoms with E-state index in [0.29, 0.717) is 18.5 Å². The van der Waals surface area contributed by atoms with Crippen LogP contribution in [0.25, 0.3) is 5.65 Å². The van der Waals surface area contributed by atoms with Crippen LogP contribution in [0, 0.1) is 12.7 Å². The van der Waals surface area contributed by atoms with Crippen molar-refractivity contribution in [1.82, 2.24) is 14.7 Å². The smallest absolute Gasteiger partial charge is 0.251 e. The lowest BCUT2D eigenvalue weighted by Crippen LogP contribution is -2.25. The number of aromatic nitrogens is 2. The van der Waals surface area contributed by atoms with Gasteiger partial charge in [0.25, 0.3) is 5.91 Å². The Morgan fingerprint density at radius 1 is 1.23 bits per heavy atom. The summed E-state index contributed by atoms with van der Waals surface area (Å²) in [5.74, 6) is -0.559. The minimum absolute atomic E-state index is 0.208. The number of imidazole rings is 1. The van der Waals surface area contributed by atoms with Crippen molar-refractivity contribution in [2.24, 2.45) is 0 Å². The molecular weight excluding hydrogens is 281 g/mol. The van der Waals surface area contributed by atoms with E-state index in [2.05, 4.69) is 10.3 Å². The molecule has 3 aromatic rings. The first kappa shape index (κ1) is 14.3. The normalized spacial score (nSPS) is 10.8. The van der Waals surface area contributed by atoms with E-state index < -0.39 is 0 Å². The SMILES string of the molecule is Cc1cccc2nc(CCNC(=O)c3ccc(F)cc3)cn12. The van der Waals surface area contributed by atoms with E-state index in [1.54, 1.807) is 0 Å². The third-order valence-corrected chi connectivity index (χ3v) is 3.52. The molecule has 0 saturated heterocycles. The first-order valence-electron chi connectivity index (χ1n) is 7.11. The van der Waals surface area contributed by atoms with Gasteiger partial charge in [-0.25, -0.2) is 9.37 Å². The van der Waals surface area contributed by atoms with Gasteiger partial charge in [0.2, 0.25) is 0 Å². The Balaban J connectivity index is 1.61. The number of carbonyl (C=O) groups excluding carboxylic acids is 1. The monoisotopic (exact) mass is 297 g/mol. The van der Waals surface area contributed by atoms with E-state index in [1.807, 2.05) is 35.7 Å². The van der Waals surface area contributed by atoms with Crippen LogP contribution in [0.5, 0.6) is 0 Å². The molecule has 0 radical (unpaired) electrons. The van der Waals surface area contributed by atoms with Crippen LogP contribution in [0.4, 0.5) is 4.39 Å². The van der Waals surface area contributed by atoms with Gasteiger partial charge in [-0.05, 0) is 43.3 Å². The Morgan fingerprint density at radius 3 is 2.73 bits per heavy atom. The van der Waals surface area contributed by atoms with Gasteiger partial charge >= 0.3 is 0 Å². The number of hydrogen-bond donors (Lipinski definition) is 1. The van der Waals surface area contributed by atoms with Crippen molar-refractivity contribution >= 4 is 11.6 Å². The van der Waals surface area contributed by atoms with E-state index in [4.69, 9.17) is 0 Å². The average Bonchev–Trinajstić information content (AvgIpc) is 2.92. The predicted molar refractivity (Wildman–Crippen MR) is 82.4 cm³/mol. The van der Waals surface area contributed by atoms with Crippen molar-refractivity contribution in [2.75, 3.05) is 6.54 Å². The highest BCUT2D eigenvalue weighted by Gasteiger charge is 2.06. The molecule has 1 N–H and O–H groups in total. The minimum atomic E-state index is -0.350. The molecule has 5 heteroatoms. The van der Waals surface area contributed by atoms with Crippen molar-refractivity contribution in [3.63, 3.8) is 0 Å².